The number of ketones is 2. The molecule has 36 heavy (non-hydrogen) atoms. The zero-order valence-electron chi connectivity index (χ0n) is 23.1. The van der Waals surface area contributed by atoms with E-state index in [1.54, 1.807) is 19.9 Å². The lowest BCUT2D eigenvalue weighted by atomic mass is 9.39. The minimum absolute atomic E-state index is 0.0848. The highest BCUT2D eigenvalue weighted by molar-refractivity contribution is 6.01. The van der Waals surface area contributed by atoms with Crippen molar-refractivity contribution >= 4 is 11.6 Å². The summed E-state index contributed by atoms with van der Waals surface area (Å²) in [7, 11) is 0. The normalized spacial score (nSPS) is 43.7. The van der Waals surface area contributed by atoms with Crippen LogP contribution in [-0.2, 0) is 9.59 Å². The monoisotopic (exact) mass is 500 g/mol. The first-order chi connectivity index (χ1) is 16.2. The molecule has 4 rings (SSSR count). The van der Waals surface area contributed by atoms with Crippen molar-refractivity contribution in [1.82, 2.24) is 0 Å². The van der Waals surface area contributed by atoms with Crippen LogP contribution in [0.5, 0.6) is 0 Å². The summed E-state index contributed by atoms with van der Waals surface area (Å²) >= 11 is 0. The van der Waals surface area contributed by atoms with E-state index in [1.165, 1.54) is 19.1 Å². The Morgan fingerprint density at radius 3 is 2.25 bits per heavy atom. The lowest BCUT2D eigenvalue weighted by Gasteiger charge is -2.64. The highest BCUT2D eigenvalue weighted by Crippen LogP contribution is 2.74. The van der Waals surface area contributed by atoms with Crippen LogP contribution < -0.4 is 0 Å². The maximum Gasteiger partial charge on any atom is 0.206 e. The van der Waals surface area contributed by atoms with Gasteiger partial charge in [0.2, 0.25) is 5.78 Å². The minimum atomic E-state index is -1.80. The van der Waals surface area contributed by atoms with Gasteiger partial charge in [-0.05, 0) is 94.6 Å². The Kier molecular flexibility index (Phi) is 5.97. The van der Waals surface area contributed by atoms with Crippen molar-refractivity contribution in [1.29, 1.82) is 0 Å². The molecule has 4 aliphatic rings. The van der Waals surface area contributed by atoms with Crippen LogP contribution in [0.15, 0.2) is 35.6 Å². The SMILES string of the molecule is CC(C)(O)/C=C/C(=O)[C@@](C)(O)[C@H]1C(O)C[C@@]2(C)[C@@H]3CC=C4[C@@H](C=C(O)C(=O)C4(C)C)[C@]3(C)CC[C@]12C. The summed E-state index contributed by atoms with van der Waals surface area (Å²) in [6.45, 7) is 14.9. The molecule has 0 aromatic carbocycles. The van der Waals surface area contributed by atoms with Gasteiger partial charge in [-0.15, -0.1) is 0 Å². The Morgan fingerprint density at radius 2 is 1.67 bits per heavy atom. The van der Waals surface area contributed by atoms with Crippen molar-refractivity contribution in [2.75, 3.05) is 0 Å². The van der Waals surface area contributed by atoms with E-state index in [-0.39, 0.29) is 34.2 Å². The number of Topliss-reactive ketones (excluding diaryl/α,β-unsaturated/α-hetero) is 1. The predicted molar refractivity (Wildman–Crippen MR) is 138 cm³/mol. The lowest BCUT2D eigenvalue weighted by molar-refractivity contribution is -0.170. The van der Waals surface area contributed by atoms with Gasteiger partial charge in [-0.2, -0.15) is 0 Å². The molecule has 0 saturated heterocycles. The van der Waals surface area contributed by atoms with Gasteiger partial charge in [-0.3, -0.25) is 9.59 Å². The third-order valence-electron chi connectivity index (χ3n) is 11.0. The molecule has 8 atom stereocenters. The molecule has 6 nitrogen and oxygen atoms in total. The summed E-state index contributed by atoms with van der Waals surface area (Å²) in [5.74, 6) is -1.56. The Balaban J connectivity index is 1.76. The zero-order chi connectivity index (χ0) is 27.3. The van der Waals surface area contributed by atoms with Crippen LogP contribution >= 0.6 is 0 Å². The largest absolute Gasteiger partial charge is 0.505 e. The molecule has 4 aliphatic carbocycles. The van der Waals surface area contributed by atoms with E-state index in [4.69, 9.17) is 0 Å². The van der Waals surface area contributed by atoms with E-state index in [1.807, 2.05) is 13.8 Å². The Hall–Kier alpha value is -1.76. The summed E-state index contributed by atoms with van der Waals surface area (Å²) in [5, 5.41) is 43.6. The van der Waals surface area contributed by atoms with Crippen molar-refractivity contribution in [2.45, 2.75) is 98.4 Å². The fourth-order valence-corrected chi connectivity index (χ4v) is 8.81. The van der Waals surface area contributed by atoms with E-state index >= 15 is 0 Å². The van der Waals surface area contributed by atoms with Gasteiger partial charge < -0.3 is 20.4 Å². The quantitative estimate of drug-likeness (QED) is 0.335. The number of allylic oxidation sites excluding steroid dienone is 4. The molecule has 0 amide bonds. The van der Waals surface area contributed by atoms with Gasteiger partial charge in [-0.25, -0.2) is 0 Å². The van der Waals surface area contributed by atoms with Crippen molar-refractivity contribution < 1.29 is 30.0 Å². The second-order valence-electron chi connectivity index (χ2n) is 14.0. The summed E-state index contributed by atoms with van der Waals surface area (Å²) in [5.41, 5.74) is -3.83. The third-order valence-corrected chi connectivity index (χ3v) is 11.0. The summed E-state index contributed by atoms with van der Waals surface area (Å²) < 4.78 is 0. The molecule has 1 unspecified atom stereocenters. The van der Waals surface area contributed by atoms with Gasteiger partial charge >= 0.3 is 0 Å². The van der Waals surface area contributed by atoms with E-state index < -0.39 is 39.8 Å². The van der Waals surface area contributed by atoms with Gasteiger partial charge in [0.05, 0.1) is 17.1 Å². The number of hydrogen-bond acceptors (Lipinski definition) is 6. The molecular weight excluding hydrogens is 456 g/mol. The lowest BCUT2D eigenvalue weighted by Crippen LogP contribution is -2.61. The number of rotatable bonds is 4. The van der Waals surface area contributed by atoms with E-state index in [0.29, 0.717) is 12.8 Å². The molecule has 0 heterocycles. The predicted octanol–water partition coefficient (Wildman–Crippen LogP) is 4.44. The van der Waals surface area contributed by atoms with Crippen molar-refractivity contribution in [3.05, 3.63) is 35.6 Å². The molecule has 0 spiro atoms. The summed E-state index contributed by atoms with van der Waals surface area (Å²) in [6, 6.07) is 0. The van der Waals surface area contributed by atoms with E-state index in [9.17, 15) is 30.0 Å². The highest BCUT2D eigenvalue weighted by Gasteiger charge is 2.72. The molecule has 0 bridgehead atoms. The summed E-state index contributed by atoms with van der Waals surface area (Å²) in [4.78, 5) is 26.0. The zero-order valence-corrected chi connectivity index (χ0v) is 23.1. The van der Waals surface area contributed by atoms with Crippen LogP contribution in [0.25, 0.3) is 0 Å². The number of aliphatic hydroxyl groups excluding tert-OH is 2. The van der Waals surface area contributed by atoms with Gasteiger partial charge in [0.15, 0.2) is 11.5 Å². The smallest absolute Gasteiger partial charge is 0.206 e. The maximum atomic E-state index is 13.2. The van der Waals surface area contributed by atoms with Gasteiger partial charge in [-0.1, -0.05) is 38.5 Å². The molecule has 6 heteroatoms. The molecule has 4 N–H and O–H groups in total. The molecular formula is C30H44O6. The van der Waals surface area contributed by atoms with Gasteiger partial charge in [0.25, 0.3) is 0 Å². The topological polar surface area (TPSA) is 115 Å². The molecule has 0 aliphatic heterocycles. The molecule has 0 aromatic rings. The Morgan fingerprint density at radius 1 is 1.06 bits per heavy atom. The number of aliphatic hydroxyl groups is 4. The maximum absolute atomic E-state index is 13.2. The highest BCUT2D eigenvalue weighted by atomic mass is 16.3. The van der Waals surface area contributed by atoms with Crippen LogP contribution in [0.2, 0.25) is 0 Å². The van der Waals surface area contributed by atoms with Crippen LogP contribution in [0, 0.1) is 39.4 Å². The standard InChI is InChI=1S/C30H44O6/c1-25(2,35)12-11-22(33)30(8,36)23-20(32)16-29(7)21-10-9-17-18(15-19(31)24(34)26(17,3)4)27(21,5)13-14-28(23,29)6/h9,11-12,15,18,20-21,23,31-32,35-36H,10,13-14,16H2,1-8H3/b12-11+/t18-,20?,21-,23+,27+,28-,29+,30-/m1/s1. The van der Waals surface area contributed by atoms with Crippen LogP contribution in [0.1, 0.15) is 81.1 Å². The van der Waals surface area contributed by atoms with E-state index in [0.717, 1.165) is 18.4 Å². The second-order valence-corrected chi connectivity index (χ2v) is 14.0. The average molecular weight is 501 g/mol. The van der Waals surface area contributed by atoms with Crippen LogP contribution in [0.3, 0.4) is 0 Å². The third kappa shape index (κ3) is 3.54. The Labute approximate surface area is 215 Å². The van der Waals surface area contributed by atoms with Crippen molar-refractivity contribution in [2.24, 2.45) is 39.4 Å². The Bertz CT molecular complexity index is 1070. The number of hydrogen-bond donors (Lipinski definition) is 4. The van der Waals surface area contributed by atoms with Gasteiger partial charge in [0.1, 0.15) is 5.60 Å². The van der Waals surface area contributed by atoms with Crippen LogP contribution in [-0.4, -0.2) is 49.3 Å². The number of carbonyl (C=O) groups excluding carboxylic acids is 2. The van der Waals surface area contributed by atoms with Crippen molar-refractivity contribution in [3.63, 3.8) is 0 Å². The fourth-order valence-electron chi connectivity index (χ4n) is 8.81. The fraction of sp³-hybridized carbons (Fsp3) is 0.733. The summed E-state index contributed by atoms with van der Waals surface area (Å²) in [6.07, 6.45) is 8.35. The number of fused-ring (bicyclic) bond motifs is 5. The van der Waals surface area contributed by atoms with Gasteiger partial charge in [0, 0.05) is 11.8 Å². The molecule has 2 fully saturated rings. The average Bonchev–Trinajstić information content (AvgIpc) is 2.96. The molecule has 0 radical (unpaired) electrons. The first-order valence-electron chi connectivity index (χ1n) is 13.3. The number of carbonyl (C=O) groups is 2. The minimum Gasteiger partial charge on any atom is -0.505 e. The molecule has 200 valence electrons. The molecule has 2 saturated carbocycles. The second kappa shape index (κ2) is 7.87. The first kappa shape index (κ1) is 27.3. The van der Waals surface area contributed by atoms with Crippen LogP contribution in [0.4, 0.5) is 0 Å². The first-order valence-corrected chi connectivity index (χ1v) is 13.3. The van der Waals surface area contributed by atoms with Crippen molar-refractivity contribution in [3.8, 4) is 0 Å². The van der Waals surface area contributed by atoms with E-state index in [2.05, 4.69) is 26.8 Å². The molecule has 0 aromatic heterocycles.